The van der Waals surface area contributed by atoms with Crippen molar-refractivity contribution < 1.29 is 0 Å². The van der Waals surface area contributed by atoms with Gasteiger partial charge in [0.1, 0.15) is 0 Å². The predicted octanol–water partition coefficient (Wildman–Crippen LogP) is 16.8. The minimum Gasteiger partial charge on any atom is -0.309 e. The Bertz CT molecular complexity index is 3440. The third-order valence-corrected chi connectivity index (χ3v) is 13.3. The van der Waals surface area contributed by atoms with Gasteiger partial charge in [-0.05, 0) is 114 Å². The van der Waals surface area contributed by atoms with E-state index in [0.717, 1.165) is 33.8 Å². The molecule has 0 N–H and O–H groups in total. The van der Waals surface area contributed by atoms with Crippen LogP contribution in [0.25, 0.3) is 66.1 Å². The largest absolute Gasteiger partial charge is 0.309 e. The average Bonchev–Trinajstić information content (AvgIpc) is 3.69. The molecule has 12 rings (SSSR count). The molecule has 0 radical (unpaired) electrons. The summed E-state index contributed by atoms with van der Waals surface area (Å²) < 4.78 is 0. The van der Waals surface area contributed by atoms with Crippen molar-refractivity contribution >= 4 is 38.6 Å². The topological polar surface area (TPSA) is 3.24 Å². The van der Waals surface area contributed by atoms with Crippen molar-refractivity contribution in [3.8, 4) is 44.5 Å². The Morgan fingerprint density at radius 3 is 1.39 bits per heavy atom. The van der Waals surface area contributed by atoms with Gasteiger partial charge in [0.25, 0.3) is 0 Å². The molecule has 0 bridgehead atoms. The van der Waals surface area contributed by atoms with Gasteiger partial charge in [0, 0.05) is 16.8 Å². The molecule has 64 heavy (non-hydrogen) atoms. The molecule has 11 aromatic rings. The van der Waals surface area contributed by atoms with Gasteiger partial charge in [-0.15, -0.1) is 0 Å². The number of anilines is 3. The molecule has 300 valence electrons. The van der Waals surface area contributed by atoms with Crippen LogP contribution in [-0.4, -0.2) is 0 Å². The Balaban J connectivity index is 1.14. The van der Waals surface area contributed by atoms with E-state index < -0.39 is 5.41 Å². The lowest BCUT2D eigenvalue weighted by atomic mass is 9.68. The highest BCUT2D eigenvalue weighted by molar-refractivity contribution is 6.01. The van der Waals surface area contributed by atoms with Crippen LogP contribution >= 0.6 is 0 Å². The second-order valence-corrected chi connectivity index (χ2v) is 16.8. The Morgan fingerprint density at radius 1 is 0.266 bits per heavy atom. The summed E-state index contributed by atoms with van der Waals surface area (Å²) in [5, 5.41) is 4.95. The molecule has 0 amide bonds. The van der Waals surface area contributed by atoms with Crippen LogP contribution in [0, 0.1) is 0 Å². The molecule has 0 saturated heterocycles. The van der Waals surface area contributed by atoms with Gasteiger partial charge in [0.05, 0.1) is 16.8 Å². The lowest BCUT2D eigenvalue weighted by molar-refractivity contribution is 0.768. The summed E-state index contributed by atoms with van der Waals surface area (Å²) in [5.41, 5.74) is 17.4. The highest BCUT2D eigenvalue weighted by atomic mass is 15.1. The zero-order valence-corrected chi connectivity index (χ0v) is 35.3. The monoisotopic (exact) mass is 813 g/mol. The van der Waals surface area contributed by atoms with Crippen molar-refractivity contribution in [2.24, 2.45) is 0 Å². The molecule has 1 nitrogen and oxygen atoms in total. The fraction of sp³-hybridized carbons (Fsp3) is 0.0159. The molecule has 0 aliphatic heterocycles. The van der Waals surface area contributed by atoms with Gasteiger partial charge in [0.15, 0.2) is 0 Å². The Hall–Kier alpha value is -8.26. The van der Waals surface area contributed by atoms with E-state index in [1.165, 1.54) is 71.6 Å². The van der Waals surface area contributed by atoms with E-state index in [-0.39, 0.29) is 0 Å². The van der Waals surface area contributed by atoms with E-state index in [1.54, 1.807) is 0 Å². The van der Waals surface area contributed by atoms with Gasteiger partial charge in [0.2, 0.25) is 0 Å². The van der Waals surface area contributed by atoms with Crippen molar-refractivity contribution in [2.45, 2.75) is 5.41 Å². The van der Waals surface area contributed by atoms with Gasteiger partial charge < -0.3 is 4.90 Å². The number of hydrogen-bond donors (Lipinski definition) is 0. The molecule has 0 saturated carbocycles. The summed E-state index contributed by atoms with van der Waals surface area (Å²) in [6.45, 7) is 0. The molecule has 11 aromatic carbocycles. The Kier molecular flexibility index (Phi) is 9.13. The van der Waals surface area contributed by atoms with E-state index >= 15 is 0 Å². The second-order valence-electron chi connectivity index (χ2n) is 16.8. The third kappa shape index (κ3) is 6.16. The average molecular weight is 814 g/mol. The van der Waals surface area contributed by atoms with Gasteiger partial charge in [-0.25, -0.2) is 0 Å². The van der Waals surface area contributed by atoms with E-state index in [0.29, 0.717) is 0 Å². The van der Waals surface area contributed by atoms with Crippen LogP contribution in [0.4, 0.5) is 17.1 Å². The lowest BCUT2D eigenvalue weighted by Gasteiger charge is -2.34. The Morgan fingerprint density at radius 2 is 0.750 bits per heavy atom. The van der Waals surface area contributed by atoms with Crippen molar-refractivity contribution in [3.05, 3.63) is 283 Å². The predicted molar refractivity (Wildman–Crippen MR) is 270 cm³/mol. The quantitative estimate of drug-likeness (QED) is 0.148. The minimum absolute atomic E-state index is 0.536. The highest BCUT2D eigenvalue weighted by Gasteiger charge is 2.47. The number of nitrogens with zero attached hydrogens (tertiary/aromatic N) is 1. The first-order valence-electron chi connectivity index (χ1n) is 22.2. The molecule has 0 heterocycles. The van der Waals surface area contributed by atoms with Crippen LogP contribution in [0.3, 0.4) is 0 Å². The van der Waals surface area contributed by atoms with Gasteiger partial charge >= 0.3 is 0 Å². The molecule has 1 aliphatic rings. The summed E-state index contributed by atoms with van der Waals surface area (Å²) in [5.74, 6) is 0. The van der Waals surface area contributed by atoms with Crippen molar-refractivity contribution in [3.63, 3.8) is 0 Å². The maximum atomic E-state index is 2.53. The standard InChI is InChI=1S/C63H43N/c1-4-19-47(20-5-1)56-40-37-52(51-34-32-45-18-11-13-22-49(45)42-51)43-61(56)64(55-38-35-46(36-39-55)50-33-31-44-17-10-12-21-48(44)41-50)60-30-16-29-59-62(60)57-27-14-15-28-58(57)63(59,53-23-6-2-7-24-53)54-25-8-3-9-26-54/h1-43H. The van der Waals surface area contributed by atoms with Crippen LogP contribution in [0.15, 0.2) is 261 Å². The SMILES string of the molecule is c1ccc(-c2ccc(-c3ccc4ccccc4c3)cc2N(c2ccc(-c3ccc4ccccc4c3)cc2)c2cccc3c2-c2ccccc2C3(c2ccccc2)c2ccccc2)cc1. The van der Waals surface area contributed by atoms with Crippen LogP contribution in [0.1, 0.15) is 22.3 Å². The zero-order valence-electron chi connectivity index (χ0n) is 35.3. The second kappa shape index (κ2) is 15.6. The highest BCUT2D eigenvalue weighted by Crippen LogP contribution is 2.60. The van der Waals surface area contributed by atoms with Crippen molar-refractivity contribution in [2.75, 3.05) is 4.90 Å². The van der Waals surface area contributed by atoms with Crippen LogP contribution < -0.4 is 4.90 Å². The van der Waals surface area contributed by atoms with Crippen LogP contribution in [-0.2, 0) is 5.41 Å². The van der Waals surface area contributed by atoms with Gasteiger partial charge in [-0.1, -0.05) is 224 Å². The smallest absolute Gasteiger partial charge is 0.0714 e. The zero-order chi connectivity index (χ0) is 42.5. The maximum absolute atomic E-state index is 2.53. The minimum atomic E-state index is -0.536. The van der Waals surface area contributed by atoms with Crippen molar-refractivity contribution in [1.29, 1.82) is 0 Å². The normalized spacial score (nSPS) is 12.5. The molecule has 0 atom stereocenters. The molecule has 0 fully saturated rings. The maximum Gasteiger partial charge on any atom is 0.0714 e. The summed E-state index contributed by atoms with van der Waals surface area (Å²) in [6, 6.07) is 96.1. The summed E-state index contributed by atoms with van der Waals surface area (Å²) in [6.07, 6.45) is 0. The fourth-order valence-electron chi connectivity index (χ4n) is 10.4. The summed E-state index contributed by atoms with van der Waals surface area (Å²) >= 11 is 0. The Labute approximate surface area is 374 Å². The number of benzene rings is 11. The lowest BCUT2D eigenvalue weighted by Crippen LogP contribution is -2.28. The van der Waals surface area contributed by atoms with E-state index in [2.05, 4.69) is 266 Å². The molecule has 0 aromatic heterocycles. The number of fused-ring (bicyclic) bond motifs is 5. The van der Waals surface area contributed by atoms with Gasteiger partial charge in [-0.2, -0.15) is 0 Å². The van der Waals surface area contributed by atoms with Crippen LogP contribution in [0.2, 0.25) is 0 Å². The first-order valence-corrected chi connectivity index (χ1v) is 22.2. The number of hydrogen-bond acceptors (Lipinski definition) is 1. The summed E-state index contributed by atoms with van der Waals surface area (Å²) in [4.78, 5) is 2.53. The molecule has 0 unspecified atom stereocenters. The fourth-order valence-corrected chi connectivity index (χ4v) is 10.4. The first-order chi connectivity index (χ1) is 31.7. The summed E-state index contributed by atoms with van der Waals surface area (Å²) in [7, 11) is 0. The molecular formula is C63H43N. The molecule has 0 spiro atoms. The van der Waals surface area contributed by atoms with E-state index in [1.807, 2.05) is 0 Å². The van der Waals surface area contributed by atoms with Gasteiger partial charge in [-0.3, -0.25) is 0 Å². The number of rotatable bonds is 8. The molecule has 1 aliphatic carbocycles. The van der Waals surface area contributed by atoms with E-state index in [9.17, 15) is 0 Å². The third-order valence-electron chi connectivity index (χ3n) is 13.3. The molecule has 1 heteroatoms. The van der Waals surface area contributed by atoms with Crippen molar-refractivity contribution in [1.82, 2.24) is 0 Å². The molecular weight excluding hydrogens is 771 g/mol. The first kappa shape index (κ1) is 37.5. The van der Waals surface area contributed by atoms with Crippen LogP contribution in [0.5, 0.6) is 0 Å². The van der Waals surface area contributed by atoms with E-state index in [4.69, 9.17) is 0 Å².